The molecule has 0 atom stereocenters. The first-order chi connectivity index (χ1) is 13.6. The van der Waals surface area contributed by atoms with E-state index in [1.807, 2.05) is 36.4 Å². The fourth-order valence-electron chi connectivity index (χ4n) is 2.48. The first-order valence-corrected chi connectivity index (χ1v) is 9.22. The van der Waals surface area contributed by atoms with Gasteiger partial charge >= 0.3 is 0 Å². The number of aromatic nitrogens is 2. The highest BCUT2D eigenvalue weighted by atomic mass is 35.5. The van der Waals surface area contributed by atoms with E-state index in [9.17, 15) is 4.79 Å². The summed E-state index contributed by atoms with van der Waals surface area (Å²) in [6, 6.07) is 14.9. The van der Waals surface area contributed by atoms with Crippen LogP contribution in [0, 0.1) is 4.77 Å². The van der Waals surface area contributed by atoms with Crippen molar-refractivity contribution in [1.29, 1.82) is 0 Å². The highest BCUT2D eigenvalue weighted by Gasteiger charge is 2.14. The normalized spacial score (nSPS) is 10.4. The van der Waals surface area contributed by atoms with E-state index in [-0.39, 0.29) is 28.7 Å². The molecule has 6 nitrogen and oxygen atoms in total. The van der Waals surface area contributed by atoms with Crippen molar-refractivity contribution >= 4 is 29.7 Å². The van der Waals surface area contributed by atoms with E-state index in [0.29, 0.717) is 17.3 Å². The zero-order chi connectivity index (χ0) is 19.9. The van der Waals surface area contributed by atoms with Gasteiger partial charge in [-0.05, 0) is 35.5 Å². The SMILES string of the molecule is COc1ccc(COc2[nH]c(=S)ncc2C(=O)NCc2ccccc2)cc1Cl. The summed E-state index contributed by atoms with van der Waals surface area (Å²) in [6.07, 6.45) is 1.40. The lowest BCUT2D eigenvalue weighted by atomic mass is 10.2. The zero-order valence-electron chi connectivity index (χ0n) is 15.1. The molecule has 0 fully saturated rings. The number of halogens is 1. The van der Waals surface area contributed by atoms with Gasteiger partial charge in [0.1, 0.15) is 17.9 Å². The van der Waals surface area contributed by atoms with Gasteiger partial charge in [0.2, 0.25) is 5.88 Å². The molecule has 0 aliphatic rings. The molecule has 2 aromatic carbocycles. The van der Waals surface area contributed by atoms with Gasteiger partial charge in [-0.15, -0.1) is 0 Å². The Morgan fingerprint density at radius 2 is 2.00 bits per heavy atom. The molecule has 0 radical (unpaired) electrons. The van der Waals surface area contributed by atoms with E-state index < -0.39 is 0 Å². The van der Waals surface area contributed by atoms with Crippen LogP contribution in [0.15, 0.2) is 54.7 Å². The number of carbonyl (C=O) groups is 1. The summed E-state index contributed by atoms with van der Waals surface area (Å²) in [5, 5.41) is 3.33. The second kappa shape index (κ2) is 9.34. The third-order valence-electron chi connectivity index (χ3n) is 3.92. The Morgan fingerprint density at radius 1 is 1.21 bits per heavy atom. The standard InChI is InChI=1S/C20H18ClN3O3S/c1-26-17-8-7-14(9-16(17)21)12-27-19-15(11-23-20(28)24-19)18(25)22-10-13-5-3-2-4-6-13/h2-9,11H,10,12H2,1H3,(H,22,25)(H,23,24,28). The molecule has 1 heterocycles. The number of methoxy groups -OCH3 is 1. The van der Waals surface area contributed by atoms with Gasteiger partial charge in [-0.25, -0.2) is 4.98 Å². The highest BCUT2D eigenvalue weighted by molar-refractivity contribution is 7.71. The first-order valence-electron chi connectivity index (χ1n) is 8.43. The lowest BCUT2D eigenvalue weighted by Gasteiger charge is -2.12. The first kappa shape index (κ1) is 19.9. The van der Waals surface area contributed by atoms with Crippen molar-refractivity contribution in [2.45, 2.75) is 13.2 Å². The molecular formula is C20H18ClN3O3S. The molecule has 0 saturated carbocycles. The minimum Gasteiger partial charge on any atom is -0.495 e. The van der Waals surface area contributed by atoms with Crippen LogP contribution in [0.3, 0.4) is 0 Å². The average molecular weight is 416 g/mol. The van der Waals surface area contributed by atoms with Crippen LogP contribution in [-0.4, -0.2) is 23.0 Å². The Bertz CT molecular complexity index is 1020. The molecule has 3 rings (SSSR count). The monoisotopic (exact) mass is 415 g/mol. The highest BCUT2D eigenvalue weighted by Crippen LogP contribution is 2.25. The van der Waals surface area contributed by atoms with E-state index in [1.165, 1.54) is 6.20 Å². The fraction of sp³-hybridized carbons (Fsp3) is 0.150. The second-order valence-electron chi connectivity index (χ2n) is 5.86. The van der Waals surface area contributed by atoms with Gasteiger partial charge in [0.15, 0.2) is 4.77 Å². The number of nitrogens with one attached hydrogen (secondary N) is 2. The molecule has 0 aliphatic carbocycles. The van der Waals surface area contributed by atoms with Crippen LogP contribution in [0.5, 0.6) is 11.6 Å². The second-order valence-corrected chi connectivity index (χ2v) is 6.65. The number of aromatic amines is 1. The van der Waals surface area contributed by atoms with Crippen LogP contribution in [-0.2, 0) is 13.2 Å². The molecule has 1 amide bonds. The molecule has 2 N–H and O–H groups in total. The van der Waals surface area contributed by atoms with Crippen LogP contribution in [0.4, 0.5) is 0 Å². The molecule has 8 heteroatoms. The smallest absolute Gasteiger partial charge is 0.258 e. The van der Waals surface area contributed by atoms with E-state index in [1.54, 1.807) is 19.2 Å². The van der Waals surface area contributed by atoms with Gasteiger partial charge in [-0.1, -0.05) is 48.0 Å². The summed E-state index contributed by atoms with van der Waals surface area (Å²) in [5.74, 6) is 0.512. The third-order valence-corrected chi connectivity index (χ3v) is 4.42. The van der Waals surface area contributed by atoms with E-state index in [0.717, 1.165) is 11.1 Å². The molecule has 144 valence electrons. The van der Waals surface area contributed by atoms with Gasteiger partial charge in [-0.3, -0.25) is 4.79 Å². The van der Waals surface area contributed by atoms with E-state index in [2.05, 4.69) is 15.3 Å². The zero-order valence-corrected chi connectivity index (χ0v) is 16.6. The van der Waals surface area contributed by atoms with Gasteiger partial charge in [-0.2, -0.15) is 0 Å². The largest absolute Gasteiger partial charge is 0.495 e. The van der Waals surface area contributed by atoms with E-state index >= 15 is 0 Å². The number of amides is 1. The predicted molar refractivity (Wildman–Crippen MR) is 109 cm³/mol. The van der Waals surface area contributed by atoms with Crippen molar-refractivity contribution in [3.05, 3.63) is 81.2 Å². The molecule has 0 aliphatic heterocycles. The number of hydrogen-bond acceptors (Lipinski definition) is 5. The number of H-pyrrole nitrogens is 1. The molecule has 0 bridgehead atoms. The van der Waals surface area contributed by atoms with Crippen molar-refractivity contribution in [3.63, 3.8) is 0 Å². The minimum atomic E-state index is -0.314. The van der Waals surface area contributed by atoms with Crippen molar-refractivity contribution in [2.24, 2.45) is 0 Å². The van der Waals surface area contributed by atoms with Gasteiger partial charge < -0.3 is 19.8 Å². The quantitative estimate of drug-likeness (QED) is 0.562. The molecule has 0 spiro atoms. The molecular weight excluding hydrogens is 398 g/mol. The molecule has 3 aromatic rings. The number of rotatable bonds is 7. The maximum absolute atomic E-state index is 12.6. The Labute approximate surface area is 172 Å². The molecule has 28 heavy (non-hydrogen) atoms. The van der Waals surface area contributed by atoms with Crippen LogP contribution < -0.4 is 14.8 Å². The maximum Gasteiger partial charge on any atom is 0.258 e. The predicted octanol–water partition coefficient (Wildman–Crippen LogP) is 4.31. The lowest BCUT2D eigenvalue weighted by molar-refractivity contribution is 0.0944. The number of hydrogen-bond donors (Lipinski definition) is 2. The van der Waals surface area contributed by atoms with Gasteiger partial charge in [0.25, 0.3) is 5.91 Å². The molecule has 1 aromatic heterocycles. The van der Waals surface area contributed by atoms with Crippen LogP contribution in [0.25, 0.3) is 0 Å². The summed E-state index contributed by atoms with van der Waals surface area (Å²) in [5.41, 5.74) is 2.07. The fourth-order valence-corrected chi connectivity index (χ4v) is 2.91. The Morgan fingerprint density at radius 3 is 2.71 bits per heavy atom. The summed E-state index contributed by atoms with van der Waals surface area (Å²) < 4.78 is 11.1. The maximum atomic E-state index is 12.6. The summed E-state index contributed by atoms with van der Waals surface area (Å²) in [4.78, 5) is 19.4. The van der Waals surface area contributed by atoms with Gasteiger partial charge in [0.05, 0.1) is 12.1 Å². The number of benzene rings is 2. The minimum absolute atomic E-state index is 0.192. The van der Waals surface area contributed by atoms with Crippen LogP contribution in [0.2, 0.25) is 5.02 Å². The Hall–Kier alpha value is -2.90. The van der Waals surface area contributed by atoms with Crippen molar-refractivity contribution in [2.75, 3.05) is 7.11 Å². The summed E-state index contributed by atoms with van der Waals surface area (Å²) >= 11 is 11.2. The van der Waals surface area contributed by atoms with Crippen molar-refractivity contribution in [1.82, 2.24) is 15.3 Å². The van der Waals surface area contributed by atoms with Crippen molar-refractivity contribution in [3.8, 4) is 11.6 Å². The Kier molecular flexibility index (Phi) is 6.62. The van der Waals surface area contributed by atoms with Crippen LogP contribution in [0.1, 0.15) is 21.5 Å². The summed E-state index contributed by atoms with van der Waals surface area (Å²) in [7, 11) is 1.55. The lowest BCUT2D eigenvalue weighted by Crippen LogP contribution is -2.24. The third kappa shape index (κ3) is 5.09. The van der Waals surface area contributed by atoms with Crippen LogP contribution >= 0.6 is 23.8 Å². The van der Waals surface area contributed by atoms with Gasteiger partial charge in [0, 0.05) is 12.7 Å². The number of ether oxygens (including phenoxy) is 2. The average Bonchev–Trinajstić information content (AvgIpc) is 2.71. The molecule has 0 unspecified atom stereocenters. The molecule has 0 saturated heterocycles. The number of carbonyl (C=O) groups excluding carboxylic acids is 1. The van der Waals surface area contributed by atoms with E-state index in [4.69, 9.17) is 33.3 Å². The Balaban J connectivity index is 1.72. The topological polar surface area (TPSA) is 76.2 Å². The van der Waals surface area contributed by atoms with Crippen molar-refractivity contribution < 1.29 is 14.3 Å². The summed E-state index contributed by atoms with van der Waals surface area (Å²) in [6.45, 7) is 0.584. The number of nitrogens with zero attached hydrogens (tertiary/aromatic N) is 1.